The maximum absolute atomic E-state index is 13.2. The maximum Gasteiger partial charge on any atom is 0.254 e. The lowest BCUT2D eigenvalue weighted by atomic mass is 9.69. The second-order valence-electron chi connectivity index (χ2n) is 9.25. The van der Waals surface area contributed by atoms with E-state index in [0.717, 1.165) is 28.5 Å². The molecule has 4 heteroatoms. The molecule has 2 aromatic rings. The smallest absolute Gasteiger partial charge is 0.254 e. The van der Waals surface area contributed by atoms with E-state index in [1.165, 1.54) is 19.3 Å². The Hall–Kier alpha value is -2.07. The number of nitrogens with zero attached hydrogens (tertiary/aromatic N) is 2. The van der Waals surface area contributed by atoms with Gasteiger partial charge in [-0.3, -0.25) is 14.1 Å². The fourth-order valence-corrected chi connectivity index (χ4v) is 7.73. The van der Waals surface area contributed by atoms with Gasteiger partial charge in [-0.15, -0.1) is 0 Å². The minimum Gasteiger partial charge on any atom is -0.281 e. The van der Waals surface area contributed by atoms with E-state index >= 15 is 0 Å². The van der Waals surface area contributed by atoms with E-state index < -0.39 is 0 Å². The van der Waals surface area contributed by atoms with Gasteiger partial charge in [-0.25, -0.2) is 0 Å². The summed E-state index contributed by atoms with van der Waals surface area (Å²) in [4.78, 5) is 18.1. The highest BCUT2D eigenvalue weighted by atomic mass is 32.2. The van der Waals surface area contributed by atoms with Crippen molar-refractivity contribution in [2.24, 2.45) is 21.7 Å². The van der Waals surface area contributed by atoms with E-state index in [1.807, 2.05) is 36.4 Å². The summed E-state index contributed by atoms with van der Waals surface area (Å²) in [5, 5.41) is 0. The first kappa shape index (κ1) is 18.9. The molecular formula is C25H28N2OS. The molecular weight excluding hydrogens is 376 g/mol. The summed E-state index contributed by atoms with van der Waals surface area (Å²) >= 11 is 1.75. The van der Waals surface area contributed by atoms with E-state index in [2.05, 4.69) is 42.4 Å². The third kappa shape index (κ3) is 2.87. The molecule has 2 aromatic carbocycles. The highest BCUT2D eigenvalue weighted by molar-refractivity contribution is 7.97. The Kier molecular flexibility index (Phi) is 4.58. The molecule has 3 aliphatic rings. The molecule has 2 aliphatic carbocycles. The summed E-state index contributed by atoms with van der Waals surface area (Å²) in [6.07, 6.45) is 3.77. The second kappa shape index (κ2) is 7.02. The van der Waals surface area contributed by atoms with Gasteiger partial charge in [-0.2, -0.15) is 0 Å². The molecule has 0 radical (unpaired) electrons. The summed E-state index contributed by atoms with van der Waals surface area (Å²) in [5.41, 5.74) is 3.66. The summed E-state index contributed by atoms with van der Waals surface area (Å²) in [6.45, 7) is 5.07. The number of aliphatic imine (C=N–C) groups is 1. The lowest BCUT2D eigenvalue weighted by Gasteiger charge is -2.37. The van der Waals surface area contributed by atoms with Gasteiger partial charge in [0.05, 0.1) is 11.8 Å². The van der Waals surface area contributed by atoms with Crippen LogP contribution in [0.4, 0.5) is 0 Å². The number of hydrogen-bond acceptors (Lipinski definition) is 3. The van der Waals surface area contributed by atoms with Crippen LogP contribution in [-0.4, -0.2) is 34.3 Å². The first-order chi connectivity index (χ1) is 14.0. The van der Waals surface area contributed by atoms with Crippen molar-refractivity contribution in [1.29, 1.82) is 0 Å². The lowest BCUT2D eigenvalue weighted by Crippen LogP contribution is -2.43. The number of fused-ring (bicyclic) bond motifs is 1. The molecule has 1 aliphatic heterocycles. The van der Waals surface area contributed by atoms with Gasteiger partial charge in [0.1, 0.15) is 6.54 Å². The van der Waals surface area contributed by atoms with Crippen LogP contribution in [0.15, 0.2) is 65.7 Å². The number of amides is 1. The summed E-state index contributed by atoms with van der Waals surface area (Å²) in [5.74, 6) is 2.00. The molecule has 150 valence electrons. The van der Waals surface area contributed by atoms with E-state index in [-0.39, 0.29) is 12.5 Å². The van der Waals surface area contributed by atoms with Crippen molar-refractivity contribution in [1.82, 2.24) is 4.31 Å². The van der Waals surface area contributed by atoms with Crippen molar-refractivity contribution >= 4 is 23.6 Å². The van der Waals surface area contributed by atoms with Crippen LogP contribution in [0, 0.1) is 16.7 Å². The number of hydrogen-bond donors (Lipinski definition) is 0. The van der Waals surface area contributed by atoms with E-state index in [0.29, 0.717) is 16.9 Å². The Labute approximate surface area is 177 Å². The third-order valence-corrected chi connectivity index (χ3v) is 9.23. The fraction of sp³-hybridized carbons (Fsp3) is 0.440. The van der Waals surface area contributed by atoms with Crippen LogP contribution in [0.2, 0.25) is 0 Å². The second-order valence-corrected chi connectivity index (χ2v) is 10.2. The largest absolute Gasteiger partial charge is 0.281 e. The van der Waals surface area contributed by atoms with Gasteiger partial charge in [0.2, 0.25) is 0 Å². The Balaban J connectivity index is 1.39. The first-order valence-electron chi connectivity index (χ1n) is 10.6. The summed E-state index contributed by atoms with van der Waals surface area (Å²) < 4.78 is 2.10. The zero-order chi connectivity index (χ0) is 20.1. The highest BCUT2D eigenvalue weighted by Gasteiger charge is 2.68. The molecule has 0 aromatic heterocycles. The monoisotopic (exact) mass is 404 g/mol. The number of rotatable bonds is 4. The molecule has 0 N–H and O–H groups in total. The van der Waals surface area contributed by atoms with Crippen molar-refractivity contribution in [2.45, 2.75) is 39.2 Å². The van der Waals surface area contributed by atoms with E-state index in [9.17, 15) is 4.79 Å². The minimum atomic E-state index is 0.157. The van der Waals surface area contributed by atoms with Crippen molar-refractivity contribution < 1.29 is 4.79 Å². The van der Waals surface area contributed by atoms with Crippen molar-refractivity contribution in [2.75, 3.05) is 12.3 Å². The topological polar surface area (TPSA) is 32.7 Å². The molecule has 1 saturated heterocycles. The molecule has 5 rings (SSSR count). The molecule has 1 amide bonds. The Bertz CT molecular complexity index is 898. The molecule has 1 spiro atoms. The van der Waals surface area contributed by atoms with Gasteiger partial charge >= 0.3 is 0 Å². The SMILES string of the molecule is CC1(C)C2CC[C@@]13CSN(C(=O)CN=C(c1ccccc1)c1ccccc1)C3C2. The van der Waals surface area contributed by atoms with E-state index in [4.69, 9.17) is 4.99 Å². The quantitative estimate of drug-likeness (QED) is 0.518. The fourth-order valence-electron chi connectivity index (χ4n) is 5.98. The van der Waals surface area contributed by atoms with Gasteiger partial charge in [0, 0.05) is 22.3 Å². The van der Waals surface area contributed by atoms with Crippen LogP contribution in [0.5, 0.6) is 0 Å². The predicted octanol–water partition coefficient (Wildman–Crippen LogP) is 5.21. The molecule has 2 unspecified atom stereocenters. The van der Waals surface area contributed by atoms with Crippen LogP contribution in [0.3, 0.4) is 0 Å². The maximum atomic E-state index is 13.2. The van der Waals surface area contributed by atoms with Gasteiger partial charge in [-0.1, -0.05) is 74.5 Å². The van der Waals surface area contributed by atoms with Crippen molar-refractivity contribution in [3.63, 3.8) is 0 Å². The minimum absolute atomic E-state index is 0.157. The van der Waals surface area contributed by atoms with Crippen LogP contribution in [0.1, 0.15) is 44.2 Å². The molecule has 3 fully saturated rings. The van der Waals surface area contributed by atoms with Crippen LogP contribution >= 0.6 is 11.9 Å². The highest BCUT2D eigenvalue weighted by Crippen LogP contribution is 2.71. The predicted molar refractivity (Wildman–Crippen MR) is 120 cm³/mol. The average molecular weight is 405 g/mol. The standard InChI is InChI=1S/C25H28N2OS/c1-24(2)20-13-14-25(24)17-29-27(21(25)15-20)22(28)16-26-23(18-9-5-3-6-10-18)19-11-7-4-8-12-19/h3-12,20-21H,13-17H2,1-2H3/t20?,21?,25-/m0/s1. The zero-order valence-electron chi connectivity index (χ0n) is 17.2. The zero-order valence-corrected chi connectivity index (χ0v) is 18.0. The summed E-state index contributed by atoms with van der Waals surface area (Å²) in [7, 11) is 0. The number of carbonyl (C=O) groups is 1. The normalized spacial score (nSPS) is 29.0. The molecule has 1 heterocycles. The average Bonchev–Trinajstić information content (AvgIpc) is 3.33. The van der Waals surface area contributed by atoms with Crippen LogP contribution in [0.25, 0.3) is 0 Å². The number of carbonyl (C=O) groups excluding carboxylic acids is 1. The molecule has 2 bridgehead atoms. The van der Waals surface area contributed by atoms with Crippen LogP contribution < -0.4 is 0 Å². The van der Waals surface area contributed by atoms with Gasteiger partial charge in [0.15, 0.2) is 0 Å². The van der Waals surface area contributed by atoms with Gasteiger partial charge in [-0.05, 0) is 42.5 Å². The molecule has 29 heavy (non-hydrogen) atoms. The Morgan fingerprint density at radius 2 is 1.69 bits per heavy atom. The van der Waals surface area contributed by atoms with Crippen LogP contribution in [-0.2, 0) is 4.79 Å². The molecule has 3 nitrogen and oxygen atoms in total. The first-order valence-corrected chi connectivity index (χ1v) is 11.6. The Morgan fingerprint density at radius 3 is 2.28 bits per heavy atom. The van der Waals surface area contributed by atoms with Crippen molar-refractivity contribution in [3.8, 4) is 0 Å². The van der Waals surface area contributed by atoms with Crippen molar-refractivity contribution in [3.05, 3.63) is 71.8 Å². The Morgan fingerprint density at radius 1 is 1.07 bits per heavy atom. The summed E-state index contributed by atoms with van der Waals surface area (Å²) in [6, 6.07) is 20.7. The lowest BCUT2D eigenvalue weighted by molar-refractivity contribution is -0.127. The van der Waals surface area contributed by atoms with E-state index in [1.54, 1.807) is 11.9 Å². The number of benzene rings is 2. The third-order valence-electron chi connectivity index (χ3n) is 7.85. The molecule has 2 saturated carbocycles. The van der Waals surface area contributed by atoms with Gasteiger partial charge in [0.25, 0.3) is 5.91 Å². The molecule has 3 atom stereocenters. The van der Waals surface area contributed by atoms with Gasteiger partial charge < -0.3 is 0 Å².